The van der Waals surface area contributed by atoms with Gasteiger partial charge in [-0.2, -0.15) is 0 Å². The largest absolute Gasteiger partial charge is 0.393 e. The lowest BCUT2D eigenvalue weighted by molar-refractivity contribution is -0.146. The Kier molecular flexibility index (Phi) is 1.71. The molecule has 0 aromatic rings. The maximum absolute atomic E-state index is 10.5. The van der Waals surface area contributed by atoms with Crippen molar-refractivity contribution in [1.29, 1.82) is 0 Å². The minimum atomic E-state index is -0.476. The Bertz CT molecular complexity index is 174. The van der Waals surface area contributed by atoms with Gasteiger partial charge in [0.1, 0.15) is 0 Å². The summed E-state index contributed by atoms with van der Waals surface area (Å²) >= 11 is 0. The number of ether oxygens (including phenoxy) is 2. The summed E-state index contributed by atoms with van der Waals surface area (Å²) in [4.78, 5) is 21.0. The van der Waals surface area contributed by atoms with Gasteiger partial charge in [-0.15, -0.1) is 0 Å². The van der Waals surface area contributed by atoms with Crippen LogP contribution in [0.5, 0.6) is 0 Å². The quantitative estimate of drug-likeness (QED) is 0.457. The summed E-state index contributed by atoms with van der Waals surface area (Å²) < 4.78 is 8.81. The molecule has 0 N–H and O–H groups in total. The first-order valence-electron chi connectivity index (χ1n) is 2.79. The molecule has 0 unspecified atom stereocenters. The molecule has 1 rings (SSSR count). The van der Waals surface area contributed by atoms with Gasteiger partial charge in [-0.25, -0.2) is 0 Å². The Balaban J connectivity index is 2.63. The van der Waals surface area contributed by atoms with Crippen LogP contribution in [0.2, 0.25) is 0 Å². The SMILES string of the molecule is C=C1OC(=O)CCC(=O)O1. The van der Waals surface area contributed by atoms with Gasteiger partial charge in [0.15, 0.2) is 0 Å². The number of carbonyl (C=O) groups is 2. The van der Waals surface area contributed by atoms with Crippen LogP contribution in [0.15, 0.2) is 12.5 Å². The van der Waals surface area contributed by atoms with Gasteiger partial charge in [0.2, 0.25) is 0 Å². The van der Waals surface area contributed by atoms with E-state index in [9.17, 15) is 9.59 Å². The molecule has 0 amide bonds. The van der Waals surface area contributed by atoms with E-state index in [1.807, 2.05) is 0 Å². The third kappa shape index (κ3) is 1.58. The topological polar surface area (TPSA) is 52.6 Å². The second-order valence-electron chi connectivity index (χ2n) is 1.82. The molecule has 0 aromatic heterocycles. The Morgan fingerprint density at radius 3 is 1.90 bits per heavy atom. The van der Waals surface area contributed by atoms with E-state index in [1.54, 1.807) is 0 Å². The van der Waals surface area contributed by atoms with Gasteiger partial charge in [0, 0.05) is 0 Å². The second kappa shape index (κ2) is 2.51. The molecule has 54 valence electrons. The third-order valence-corrected chi connectivity index (χ3v) is 0.989. The van der Waals surface area contributed by atoms with E-state index < -0.39 is 11.9 Å². The number of cyclic esters (lactones) is 2. The Hall–Kier alpha value is -1.32. The van der Waals surface area contributed by atoms with Crippen molar-refractivity contribution >= 4 is 11.9 Å². The summed E-state index contributed by atoms with van der Waals surface area (Å²) in [6, 6.07) is 0. The highest BCUT2D eigenvalue weighted by Gasteiger charge is 2.17. The molecule has 0 radical (unpaired) electrons. The molecular weight excluding hydrogens is 136 g/mol. The number of hydrogen-bond donors (Lipinski definition) is 0. The van der Waals surface area contributed by atoms with Gasteiger partial charge in [-0.1, -0.05) is 0 Å². The van der Waals surface area contributed by atoms with Crippen molar-refractivity contribution in [3.8, 4) is 0 Å². The Labute approximate surface area is 57.4 Å². The predicted molar refractivity (Wildman–Crippen MR) is 30.6 cm³/mol. The summed E-state index contributed by atoms with van der Waals surface area (Å²) in [5, 5.41) is 0. The van der Waals surface area contributed by atoms with E-state index in [4.69, 9.17) is 0 Å². The normalized spacial score (nSPS) is 19.4. The molecule has 10 heavy (non-hydrogen) atoms. The summed E-state index contributed by atoms with van der Waals surface area (Å²) in [7, 11) is 0. The predicted octanol–water partition coefficient (Wildman–Crippen LogP) is 0.338. The van der Waals surface area contributed by atoms with Gasteiger partial charge in [0.25, 0.3) is 5.95 Å². The molecule has 4 heteroatoms. The van der Waals surface area contributed by atoms with Crippen molar-refractivity contribution in [2.45, 2.75) is 12.8 Å². The van der Waals surface area contributed by atoms with E-state index in [0.717, 1.165) is 0 Å². The van der Waals surface area contributed by atoms with Gasteiger partial charge in [0.05, 0.1) is 12.8 Å². The highest BCUT2D eigenvalue weighted by molar-refractivity contribution is 5.80. The van der Waals surface area contributed by atoms with Crippen LogP contribution in [-0.2, 0) is 19.1 Å². The summed E-state index contributed by atoms with van der Waals surface area (Å²) in [6.07, 6.45) is 0.135. The van der Waals surface area contributed by atoms with Crippen LogP contribution < -0.4 is 0 Å². The van der Waals surface area contributed by atoms with Crippen molar-refractivity contribution in [2.75, 3.05) is 0 Å². The average molecular weight is 142 g/mol. The lowest BCUT2D eigenvalue weighted by Crippen LogP contribution is -2.00. The number of esters is 2. The lowest BCUT2D eigenvalue weighted by Gasteiger charge is -1.98. The van der Waals surface area contributed by atoms with Crippen molar-refractivity contribution in [3.05, 3.63) is 12.5 Å². The molecule has 1 aliphatic rings. The van der Waals surface area contributed by atoms with E-state index >= 15 is 0 Å². The van der Waals surface area contributed by atoms with Crippen LogP contribution >= 0.6 is 0 Å². The zero-order chi connectivity index (χ0) is 7.56. The molecule has 1 fully saturated rings. The highest BCUT2D eigenvalue weighted by atomic mass is 16.7. The molecule has 0 spiro atoms. The fourth-order valence-electron chi connectivity index (χ4n) is 0.581. The number of carbonyl (C=O) groups excluding carboxylic acids is 2. The van der Waals surface area contributed by atoms with E-state index in [-0.39, 0.29) is 18.8 Å². The van der Waals surface area contributed by atoms with Crippen molar-refractivity contribution < 1.29 is 19.1 Å². The second-order valence-corrected chi connectivity index (χ2v) is 1.82. The smallest absolute Gasteiger partial charge is 0.314 e. The standard InChI is InChI=1S/C6H6O4/c1-4-9-5(7)2-3-6(8)10-4/h1-3H2. The molecule has 0 aliphatic carbocycles. The maximum atomic E-state index is 10.5. The number of hydrogen-bond acceptors (Lipinski definition) is 4. The first-order chi connectivity index (χ1) is 4.68. The van der Waals surface area contributed by atoms with Gasteiger partial charge >= 0.3 is 11.9 Å². The zero-order valence-corrected chi connectivity index (χ0v) is 5.25. The molecule has 0 aromatic carbocycles. The minimum Gasteiger partial charge on any atom is -0.393 e. The van der Waals surface area contributed by atoms with Crippen LogP contribution in [-0.4, -0.2) is 11.9 Å². The molecule has 4 nitrogen and oxygen atoms in total. The highest BCUT2D eigenvalue weighted by Crippen LogP contribution is 2.08. The molecule has 0 bridgehead atoms. The lowest BCUT2D eigenvalue weighted by atomic mass is 10.3. The minimum absolute atomic E-state index is 0.0673. The van der Waals surface area contributed by atoms with Crippen LogP contribution in [0.1, 0.15) is 12.8 Å². The maximum Gasteiger partial charge on any atom is 0.314 e. The molecule has 1 heterocycles. The van der Waals surface area contributed by atoms with Crippen molar-refractivity contribution in [3.63, 3.8) is 0 Å². The zero-order valence-electron chi connectivity index (χ0n) is 5.25. The monoisotopic (exact) mass is 142 g/mol. The summed E-state index contributed by atoms with van der Waals surface area (Å²) in [5.41, 5.74) is 0. The summed E-state index contributed by atoms with van der Waals surface area (Å²) in [6.45, 7) is 3.19. The van der Waals surface area contributed by atoms with Crippen molar-refractivity contribution in [2.24, 2.45) is 0 Å². The van der Waals surface area contributed by atoms with Crippen LogP contribution in [0.3, 0.4) is 0 Å². The fourth-order valence-corrected chi connectivity index (χ4v) is 0.581. The fraction of sp³-hybridized carbons (Fsp3) is 0.333. The molecule has 1 aliphatic heterocycles. The summed E-state index contributed by atoms with van der Waals surface area (Å²) in [5.74, 6) is -1.18. The van der Waals surface area contributed by atoms with E-state index in [2.05, 4.69) is 16.1 Å². The van der Waals surface area contributed by atoms with Crippen LogP contribution in [0.4, 0.5) is 0 Å². The van der Waals surface area contributed by atoms with E-state index in [1.165, 1.54) is 0 Å². The first kappa shape index (κ1) is 6.80. The molecule has 0 atom stereocenters. The van der Waals surface area contributed by atoms with Gasteiger partial charge in [-0.3, -0.25) is 9.59 Å². The molecular formula is C6H6O4. The number of rotatable bonds is 0. The van der Waals surface area contributed by atoms with Crippen LogP contribution in [0, 0.1) is 0 Å². The van der Waals surface area contributed by atoms with Gasteiger partial charge in [-0.05, 0) is 6.58 Å². The Morgan fingerprint density at radius 2 is 1.50 bits per heavy atom. The van der Waals surface area contributed by atoms with Gasteiger partial charge < -0.3 is 9.47 Å². The molecule has 1 saturated heterocycles. The first-order valence-corrected chi connectivity index (χ1v) is 2.79. The third-order valence-electron chi connectivity index (χ3n) is 0.989. The van der Waals surface area contributed by atoms with Crippen LogP contribution in [0.25, 0.3) is 0 Å². The average Bonchev–Trinajstić information content (AvgIpc) is 1.93. The Morgan fingerprint density at radius 1 is 1.10 bits per heavy atom. The van der Waals surface area contributed by atoms with Crippen molar-refractivity contribution in [1.82, 2.24) is 0 Å². The molecule has 0 saturated carbocycles. The van der Waals surface area contributed by atoms with E-state index in [0.29, 0.717) is 0 Å².